The van der Waals surface area contributed by atoms with Crippen molar-refractivity contribution in [2.75, 3.05) is 5.32 Å². The fraction of sp³-hybridized carbons (Fsp3) is 0.273. The van der Waals surface area contributed by atoms with Crippen LogP contribution in [0.15, 0.2) is 65.2 Å². The molecule has 1 N–H and O–H groups in total. The lowest BCUT2D eigenvalue weighted by molar-refractivity contribution is -0.118. The maximum atomic E-state index is 12.9. The molecule has 3 aromatic rings. The van der Waals surface area contributed by atoms with Gasteiger partial charge in [0.1, 0.15) is 0 Å². The number of benzene rings is 2. The van der Waals surface area contributed by atoms with Gasteiger partial charge >= 0.3 is 0 Å². The van der Waals surface area contributed by atoms with Gasteiger partial charge in [0.2, 0.25) is 5.91 Å². The van der Waals surface area contributed by atoms with Gasteiger partial charge in [0, 0.05) is 17.3 Å². The van der Waals surface area contributed by atoms with Crippen molar-refractivity contribution in [3.63, 3.8) is 0 Å². The molecule has 26 heavy (non-hydrogen) atoms. The summed E-state index contributed by atoms with van der Waals surface area (Å²) >= 11 is 0. The second-order valence-electron chi connectivity index (χ2n) is 7.26. The van der Waals surface area contributed by atoms with Crippen molar-refractivity contribution in [1.82, 2.24) is 5.16 Å². The van der Waals surface area contributed by atoms with Crippen LogP contribution < -0.4 is 5.32 Å². The van der Waals surface area contributed by atoms with Crippen molar-refractivity contribution in [2.24, 2.45) is 0 Å². The molecule has 0 radical (unpaired) electrons. The third kappa shape index (κ3) is 3.03. The van der Waals surface area contributed by atoms with Crippen LogP contribution in [0.3, 0.4) is 0 Å². The molecule has 1 aliphatic rings. The zero-order chi connectivity index (χ0) is 18.1. The minimum absolute atomic E-state index is 0.0114. The van der Waals surface area contributed by atoms with Crippen molar-refractivity contribution < 1.29 is 9.32 Å². The van der Waals surface area contributed by atoms with Crippen LogP contribution in [0.25, 0.3) is 11.3 Å². The standard InChI is InChI=1S/C22H22N2O2/c1-15(2)16-8-10-18(11-9-16)23-21(25)22(12-13-22)20-14-19(26-24-20)17-6-4-3-5-7-17/h3-11,14-15H,12-13H2,1-2H3,(H,23,25). The highest BCUT2D eigenvalue weighted by Crippen LogP contribution is 2.49. The first-order chi connectivity index (χ1) is 12.6. The monoisotopic (exact) mass is 346 g/mol. The van der Waals surface area contributed by atoms with E-state index in [2.05, 4.69) is 36.5 Å². The van der Waals surface area contributed by atoms with Gasteiger partial charge in [0.15, 0.2) is 5.76 Å². The molecule has 0 spiro atoms. The van der Waals surface area contributed by atoms with Crippen LogP contribution in [-0.4, -0.2) is 11.1 Å². The molecular formula is C22H22N2O2. The molecule has 1 fully saturated rings. The second kappa shape index (κ2) is 6.45. The predicted molar refractivity (Wildman–Crippen MR) is 102 cm³/mol. The number of amides is 1. The molecule has 0 bridgehead atoms. The van der Waals surface area contributed by atoms with Crippen molar-refractivity contribution in [3.05, 3.63) is 71.9 Å². The third-order valence-electron chi connectivity index (χ3n) is 5.08. The van der Waals surface area contributed by atoms with Crippen LogP contribution in [0.4, 0.5) is 5.69 Å². The molecule has 4 nitrogen and oxygen atoms in total. The van der Waals surface area contributed by atoms with Gasteiger partial charge in [-0.3, -0.25) is 4.79 Å². The molecule has 0 unspecified atom stereocenters. The Bertz CT molecular complexity index is 907. The molecule has 1 aromatic heterocycles. The maximum absolute atomic E-state index is 12.9. The summed E-state index contributed by atoms with van der Waals surface area (Å²) in [6.45, 7) is 4.31. The fourth-order valence-corrected chi connectivity index (χ4v) is 3.17. The van der Waals surface area contributed by atoms with Crippen molar-refractivity contribution >= 4 is 11.6 Å². The zero-order valence-electron chi connectivity index (χ0n) is 15.0. The Morgan fingerprint density at radius 2 is 1.77 bits per heavy atom. The molecule has 4 rings (SSSR count). The molecule has 0 saturated heterocycles. The van der Waals surface area contributed by atoms with Gasteiger partial charge in [-0.25, -0.2) is 0 Å². The molecule has 1 amide bonds. The molecule has 2 aromatic carbocycles. The van der Waals surface area contributed by atoms with Crippen LogP contribution in [0.5, 0.6) is 0 Å². The summed E-state index contributed by atoms with van der Waals surface area (Å²) < 4.78 is 5.49. The fourth-order valence-electron chi connectivity index (χ4n) is 3.17. The summed E-state index contributed by atoms with van der Waals surface area (Å²) in [6, 6.07) is 19.7. The maximum Gasteiger partial charge on any atom is 0.236 e. The number of aromatic nitrogens is 1. The van der Waals surface area contributed by atoms with E-state index in [0.29, 0.717) is 17.4 Å². The van der Waals surface area contributed by atoms with Gasteiger partial charge in [-0.1, -0.05) is 61.5 Å². The Balaban J connectivity index is 1.52. The van der Waals surface area contributed by atoms with Gasteiger partial charge < -0.3 is 9.84 Å². The van der Waals surface area contributed by atoms with Crippen molar-refractivity contribution in [2.45, 2.75) is 38.0 Å². The lowest BCUT2D eigenvalue weighted by Crippen LogP contribution is -2.28. The number of carbonyl (C=O) groups is 1. The van der Waals surface area contributed by atoms with E-state index in [4.69, 9.17) is 4.52 Å². The number of nitrogens with one attached hydrogen (secondary N) is 1. The van der Waals surface area contributed by atoms with E-state index in [1.54, 1.807) is 0 Å². The van der Waals surface area contributed by atoms with Gasteiger partial charge in [0.05, 0.1) is 11.1 Å². The Morgan fingerprint density at radius 3 is 2.38 bits per heavy atom. The van der Waals surface area contributed by atoms with E-state index in [1.165, 1.54) is 5.56 Å². The minimum atomic E-state index is -0.562. The Hall–Kier alpha value is -2.88. The topological polar surface area (TPSA) is 55.1 Å². The Morgan fingerprint density at radius 1 is 1.08 bits per heavy atom. The molecule has 132 valence electrons. The summed E-state index contributed by atoms with van der Waals surface area (Å²) in [4.78, 5) is 12.9. The minimum Gasteiger partial charge on any atom is -0.356 e. The molecule has 1 aliphatic carbocycles. The second-order valence-corrected chi connectivity index (χ2v) is 7.26. The Kier molecular flexibility index (Phi) is 4.11. The molecule has 0 aliphatic heterocycles. The first kappa shape index (κ1) is 16.6. The average molecular weight is 346 g/mol. The van der Waals surface area contributed by atoms with E-state index in [-0.39, 0.29) is 5.91 Å². The zero-order valence-corrected chi connectivity index (χ0v) is 15.0. The molecule has 4 heteroatoms. The molecule has 1 saturated carbocycles. The number of rotatable bonds is 5. The van der Waals surface area contributed by atoms with Crippen LogP contribution >= 0.6 is 0 Å². The predicted octanol–water partition coefficient (Wildman–Crippen LogP) is 5.14. The van der Waals surface area contributed by atoms with Crippen LogP contribution in [0.2, 0.25) is 0 Å². The first-order valence-corrected chi connectivity index (χ1v) is 9.02. The summed E-state index contributed by atoms with van der Waals surface area (Å²) in [6.07, 6.45) is 1.59. The van der Waals surface area contributed by atoms with Gasteiger partial charge in [-0.05, 0) is 36.5 Å². The summed E-state index contributed by atoms with van der Waals surface area (Å²) in [7, 11) is 0. The van der Waals surface area contributed by atoms with Crippen LogP contribution in [0, 0.1) is 0 Å². The van der Waals surface area contributed by atoms with Gasteiger partial charge in [0.25, 0.3) is 0 Å². The van der Waals surface area contributed by atoms with Crippen LogP contribution in [0.1, 0.15) is 43.9 Å². The normalized spacial score (nSPS) is 15.0. The summed E-state index contributed by atoms with van der Waals surface area (Å²) in [5.41, 5.74) is 3.19. The van der Waals surface area contributed by atoms with Crippen molar-refractivity contribution in [3.8, 4) is 11.3 Å². The lowest BCUT2D eigenvalue weighted by atomic mass is 9.99. The smallest absolute Gasteiger partial charge is 0.236 e. The Labute approximate surface area is 153 Å². The van der Waals surface area contributed by atoms with E-state index in [0.717, 1.165) is 24.1 Å². The van der Waals surface area contributed by atoms with E-state index >= 15 is 0 Å². The number of hydrogen-bond donors (Lipinski definition) is 1. The molecule has 1 heterocycles. The quantitative estimate of drug-likeness (QED) is 0.696. The van der Waals surface area contributed by atoms with Gasteiger partial charge in [-0.2, -0.15) is 0 Å². The highest BCUT2D eigenvalue weighted by atomic mass is 16.5. The summed E-state index contributed by atoms with van der Waals surface area (Å²) in [5.74, 6) is 1.16. The number of carbonyl (C=O) groups excluding carboxylic acids is 1. The largest absolute Gasteiger partial charge is 0.356 e. The summed E-state index contributed by atoms with van der Waals surface area (Å²) in [5, 5.41) is 7.23. The number of nitrogens with zero attached hydrogens (tertiary/aromatic N) is 1. The first-order valence-electron chi connectivity index (χ1n) is 9.02. The van der Waals surface area contributed by atoms with E-state index < -0.39 is 5.41 Å². The SMILES string of the molecule is CC(C)c1ccc(NC(=O)C2(c3cc(-c4ccccc4)on3)CC2)cc1. The van der Waals surface area contributed by atoms with E-state index in [1.807, 2.05) is 48.5 Å². The lowest BCUT2D eigenvalue weighted by Gasteiger charge is -2.13. The number of hydrogen-bond acceptors (Lipinski definition) is 3. The number of anilines is 1. The highest BCUT2D eigenvalue weighted by molar-refractivity contribution is 6.01. The third-order valence-corrected chi connectivity index (χ3v) is 5.08. The van der Waals surface area contributed by atoms with Gasteiger partial charge in [-0.15, -0.1) is 0 Å². The van der Waals surface area contributed by atoms with E-state index in [9.17, 15) is 4.79 Å². The van der Waals surface area contributed by atoms with Crippen LogP contribution in [-0.2, 0) is 10.2 Å². The average Bonchev–Trinajstić information content (AvgIpc) is 3.33. The molecule has 0 atom stereocenters. The highest BCUT2D eigenvalue weighted by Gasteiger charge is 2.53. The molecular weight excluding hydrogens is 324 g/mol. The van der Waals surface area contributed by atoms with Crippen molar-refractivity contribution in [1.29, 1.82) is 0 Å².